The number of thioether (sulfide) groups is 1. The lowest BCUT2D eigenvalue weighted by atomic mass is 10.4. The van der Waals surface area contributed by atoms with Gasteiger partial charge in [-0.05, 0) is 25.5 Å². The Kier molecular flexibility index (Phi) is 5.32. The Morgan fingerprint density at radius 2 is 2.24 bits per heavy atom. The van der Waals surface area contributed by atoms with Gasteiger partial charge in [0, 0.05) is 19.2 Å². The van der Waals surface area contributed by atoms with Crippen molar-refractivity contribution < 1.29 is 14.3 Å². The van der Waals surface area contributed by atoms with Gasteiger partial charge in [-0.15, -0.1) is 10.2 Å². The molecule has 132 valence electrons. The van der Waals surface area contributed by atoms with Gasteiger partial charge in [0.25, 0.3) is 0 Å². The number of aromatic nitrogens is 4. The summed E-state index contributed by atoms with van der Waals surface area (Å²) < 4.78 is 6.56. The fourth-order valence-corrected chi connectivity index (χ4v) is 3.51. The van der Waals surface area contributed by atoms with Gasteiger partial charge in [-0.25, -0.2) is 4.98 Å². The first-order valence-corrected chi connectivity index (χ1v) is 8.86. The lowest BCUT2D eigenvalue weighted by Gasteiger charge is -2.16. The maximum atomic E-state index is 11.9. The van der Waals surface area contributed by atoms with Gasteiger partial charge < -0.3 is 9.64 Å². The van der Waals surface area contributed by atoms with E-state index in [4.69, 9.17) is 4.74 Å². The lowest BCUT2D eigenvalue weighted by molar-refractivity contribution is -0.139. The minimum absolute atomic E-state index is 0.118. The van der Waals surface area contributed by atoms with Crippen molar-refractivity contribution in [2.45, 2.75) is 36.7 Å². The van der Waals surface area contributed by atoms with Crippen LogP contribution in [0.4, 0.5) is 0 Å². The van der Waals surface area contributed by atoms with Crippen LogP contribution in [0.2, 0.25) is 0 Å². The fourth-order valence-electron chi connectivity index (χ4n) is 2.61. The zero-order chi connectivity index (χ0) is 17.8. The van der Waals surface area contributed by atoms with E-state index >= 15 is 0 Å². The number of nitrogens with zero attached hydrogens (tertiary/aromatic N) is 5. The molecule has 9 heteroatoms. The molecule has 1 unspecified atom stereocenters. The molecule has 0 radical (unpaired) electrons. The molecule has 0 N–H and O–H groups in total. The number of rotatable bonds is 6. The predicted molar refractivity (Wildman–Crippen MR) is 91.1 cm³/mol. The molecular formula is C16H19N5O3S. The van der Waals surface area contributed by atoms with E-state index in [9.17, 15) is 9.59 Å². The number of carbonyl (C=O) groups excluding carboxylic acids is 2. The van der Waals surface area contributed by atoms with Crippen LogP contribution < -0.4 is 0 Å². The molecule has 3 heterocycles. The molecule has 1 aliphatic heterocycles. The van der Waals surface area contributed by atoms with E-state index in [1.54, 1.807) is 22.6 Å². The van der Waals surface area contributed by atoms with Gasteiger partial charge in [-0.2, -0.15) is 0 Å². The van der Waals surface area contributed by atoms with E-state index in [0.29, 0.717) is 29.8 Å². The molecule has 1 aliphatic rings. The Hall–Kier alpha value is -2.42. The van der Waals surface area contributed by atoms with E-state index in [1.807, 2.05) is 18.2 Å². The molecule has 2 aromatic rings. The third-order valence-corrected chi connectivity index (χ3v) is 4.92. The molecule has 1 saturated heterocycles. The first-order chi connectivity index (χ1) is 12.1. The minimum Gasteiger partial charge on any atom is -0.468 e. The van der Waals surface area contributed by atoms with Crippen LogP contribution in [0.15, 0.2) is 29.6 Å². The van der Waals surface area contributed by atoms with Crippen molar-refractivity contribution in [1.29, 1.82) is 0 Å². The van der Waals surface area contributed by atoms with Crippen LogP contribution in [0.25, 0.3) is 5.82 Å². The van der Waals surface area contributed by atoms with E-state index in [-0.39, 0.29) is 11.9 Å². The van der Waals surface area contributed by atoms with E-state index in [2.05, 4.69) is 15.2 Å². The fraction of sp³-hybridized carbons (Fsp3) is 0.438. The molecule has 3 rings (SSSR count). The van der Waals surface area contributed by atoms with Gasteiger partial charge in [0.2, 0.25) is 5.91 Å². The molecule has 0 saturated carbocycles. The first-order valence-electron chi connectivity index (χ1n) is 7.98. The van der Waals surface area contributed by atoms with Crippen molar-refractivity contribution >= 4 is 23.6 Å². The Morgan fingerprint density at radius 1 is 1.40 bits per heavy atom. The van der Waals surface area contributed by atoms with Crippen molar-refractivity contribution in [3.63, 3.8) is 0 Å². The summed E-state index contributed by atoms with van der Waals surface area (Å²) in [4.78, 5) is 29.8. The quantitative estimate of drug-likeness (QED) is 0.568. The highest BCUT2D eigenvalue weighted by atomic mass is 32.2. The number of hydrogen-bond donors (Lipinski definition) is 0. The second-order valence-electron chi connectivity index (χ2n) is 5.62. The van der Waals surface area contributed by atoms with Gasteiger partial charge in [0.05, 0.1) is 13.7 Å². The summed E-state index contributed by atoms with van der Waals surface area (Å²) >= 11 is 1.25. The van der Waals surface area contributed by atoms with Crippen LogP contribution in [-0.2, 0) is 20.9 Å². The first kappa shape index (κ1) is 17.4. The van der Waals surface area contributed by atoms with Gasteiger partial charge >= 0.3 is 5.97 Å². The van der Waals surface area contributed by atoms with Crippen LogP contribution in [0.3, 0.4) is 0 Å². The molecule has 0 spiro atoms. The standard InChI is InChI=1S/C16H19N5O3S/c1-11(15(23)24-2)25-16-19-18-13(10-20-9-5-7-14(20)22)21(16)12-6-3-4-8-17-12/h3-4,6,8,11H,5,7,9-10H2,1-2H3. The topological polar surface area (TPSA) is 90.2 Å². The number of carbonyl (C=O) groups is 2. The molecule has 0 aliphatic carbocycles. The maximum Gasteiger partial charge on any atom is 0.318 e. The van der Waals surface area contributed by atoms with Crippen molar-refractivity contribution in [1.82, 2.24) is 24.6 Å². The normalized spacial score (nSPS) is 15.4. The minimum atomic E-state index is -0.432. The number of likely N-dealkylation sites (tertiary alicyclic amines) is 1. The maximum absolute atomic E-state index is 11.9. The Morgan fingerprint density at radius 3 is 2.88 bits per heavy atom. The van der Waals surface area contributed by atoms with Gasteiger partial charge in [0.1, 0.15) is 11.1 Å². The molecular weight excluding hydrogens is 342 g/mol. The predicted octanol–water partition coefficient (Wildman–Crippen LogP) is 1.44. The molecule has 1 atom stereocenters. The highest BCUT2D eigenvalue weighted by Crippen LogP contribution is 2.26. The van der Waals surface area contributed by atoms with E-state index in [1.165, 1.54) is 18.9 Å². The summed E-state index contributed by atoms with van der Waals surface area (Å²) in [6, 6.07) is 5.53. The van der Waals surface area contributed by atoms with Crippen LogP contribution in [0, 0.1) is 0 Å². The summed E-state index contributed by atoms with van der Waals surface area (Å²) in [6.07, 6.45) is 3.11. The van der Waals surface area contributed by atoms with Crippen molar-refractivity contribution in [3.05, 3.63) is 30.2 Å². The Bertz CT molecular complexity index is 764. The summed E-state index contributed by atoms with van der Waals surface area (Å²) in [7, 11) is 1.35. The summed E-state index contributed by atoms with van der Waals surface area (Å²) in [5.41, 5.74) is 0. The number of hydrogen-bond acceptors (Lipinski definition) is 7. The molecule has 0 bridgehead atoms. The third-order valence-electron chi connectivity index (χ3n) is 3.90. The van der Waals surface area contributed by atoms with Crippen LogP contribution in [0.1, 0.15) is 25.6 Å². The van der Waals surface area contributed by atoms with Gasteiger partial charge in [-0.1, -0.05) is 17.8 Å². The molecule has 1 amide bonds. The molecule has 0 aromatic carbocycles. The van der Waals surface area contributed by atoms with E-state index < -0.39 is 5.25 Å². The van der Waals surface area contributed by atoms with Crippen molar-refractivity contribution in [2.75, 3.05) is 13.7 Å². The second-order valence-corrected chi connectivity index (χ2v) is 6.93. The van der Waals surface area contributed by atoms with Gasteiger partial charge in [0.15, 0.2) is 11.0 Å². The average molecular weight is 361 g/mol. The Labute approximate surface area is 149 Å². The number of amides is 1. The zero-order valence-corrected chi connectivity index (χ0v) is 14.9. The largest absolute Gasteiger partial charge is 0.468 e. The molecule has 1 fully saturated rings. The lowest BCUT2D eigenvalue weighted by Crippen LogP contribution is -2.26. The SMILES string of the molecule is COC(=O)C(C)Sc1nnc(CN2CCCC2=O)n1-c1ccccn1. The summed E-state index contributed by atoms with van der Waals surface area (Å²) in [6.45, 7) is 2.84. The second kappa shape index (κ2) is 7.64. The molecule has 2 aromatic heterocycles. The van der Waals surface area contributed by atoms with E-state index in [0.717, 1.165) is 13.0 Å². The third kappa shape index (κ3) is 3.81. The van der Waals surface area contributed by atoms with Gasteiger partial charge in [-0.3, -0.25) is 14.2 Å². The Balaban J connectivity index is 1.92. The molecule has 25 heavy (non-hydrogen) atoms. The van der Waals surface area contributed by atoms with Crippen molar-refractivity contribution in [2.24, 2.45) is 0 Å². The van der Waals surface area contributed by atoms with Crippen molar-refractivity contribution in [3.8, 4) is 5.82 Å². The smallest absolute Gasteiger partial charge is 0.318 e. The summed E-state index contributed by atoms with van der Waals surface area (Å²) in [5, 5.41) is 8.55. The average Bonchev–Trinajstić information content (AvgIpc) is 3.21. The highest BCUT2D eigenvalue weighted by molar-refractivity contribution is 8.00. The number of pyridine rings is 1. The molecule has 8 nitrogen and oxygen atoms in total. The number of ether oxygens (including phenoxy) is 1. The monoisotopic (exact) mass is 361 g/mol. The highest BCUT2D eigenvalue weighted by Gasteiger charge is 2.26. The van der Waals surface area contributed by atoms with Crippen LogP contribution in [-0.4, -0.2) is 55.4 Å². The van der Waals surface area contributed by atoms with Crippen LogP contribution in [0.5, 0.6) is 0 Å². The summed E-state index contributed by atoms with van der Waals surface area (Å²) in [5.74, 6) is 1.05. The zero-order valence-electron chi connectivity index (χ0n) is 14.1. The number of esters is 1. The van der Waals surface area contributed by atoms with Crippen LogP contribution >= 0.6 is 11.8 Å². The number of methoxy groups -OCH3 is 1.